The van der Waals surface area contributed by atoms with Crippen molar-refractivity contribution in [1.82, 2.24) is 4.57 Å². The molecule has 0 amide bonds. The zero-order chi connectivity index (χ0) is 12.5. The number of carbonyl (C=O) groups is 1. The van der Waals surface area contributed by atoms with E-state index in [4.69, 9.17) is 4.74 Å². The molecule has 0 bridgehead atoms. The number of rotatable bonds is 3. The molecule has 18 heavy (non-hydrogen) atoms. The monoisotopic (exact) mass is 243 g/mol. The lowest BCUT2D eigenvalue weighted by molar-refractivity contribution is -0.123. The van der Waals surface area contributed by atoms with E-state index in [-0.39, 0.29) is 11.7 Å². The van der Waals surface area contributed by atoms with Crippen LogP contribution in [0.1, 0.15) is 12.0 Å². The third-order valence-corrected chi connectivity index (χ3v) is 3.64. The average Bonchev–Trinajstić information content (AvgIpc) is 2.98. The maximum atomic E-state index is 12.1. The first-order valence-corrected chi connectivity index (χ1v) is 6.40. The van der Waals surface area contributed by atoms with Gasteiger partial charge in [0.2, 0.25) is 0 Å². The van der Waals surface area contributed by atoms with Gasteiger partial charge in [0.1, 0.15) is 0 Å². The number of nitrogens with zero attached hydrogens (tertiary/aromatic N) is 1. The first-order valence-electron chi connectivity index (χ1n) is 6.40. The number of hydrogen-bond acceptors (Lipinski definition) is 2. The lowest BCUT2D eigenvalue weighted by atomic mass is 10.0. The summed E-state index contributed by atoms with van der Waals surface area (Å²) in [7, 11) is 0. The van der Waals surface area contributed by atoms with Crippen molar-refractivity contribution >= 4 is 16.7 Å². The quantitative estimate of drug-likeness (QED) is 0.829. The van der Waals surface area contributed by atoms with E-state index in [2.05, 4.69) is 31.2 Å². The maximum absolute atomic E-state index is 12.1. The lowest BCUT2D eigenvalue weighted by Crippen LogP contribution is -2.19. The number of hydrogen-bond donors (Lipinski definition) is 0. The molecule has 94 valence electrons. The van der Waals surface area contributed by atoms with Gasteiger partial charge in [-0.05, 0) is 36.9 Å². The fourth-order valence-electron chi connectivity index (χ4n) is 2.54. The molecule has 3 rings (SSSR count). The van der Waals surface area contributed by atoms with Gasteiger partial charge in [-0.3, -0.25) is 4.79 Å². The highest BCUT2D eigenvalue weighted by Gasteiger charge is 2.23. The third kappa shape index (κ3) is 2.06. The summed E-state index contributed by atoms with van der Waals surface area (Å²) in [5.74, 6) is 0.374. The summed E-state index contributed by atoms with van der Waals surface area (Å²) >= 11 is 0. The summed E-state index contributed by atoms with van der Waals surface area (Å²) in [6.45, 7) is 3.86. The van der Waals surface area contributed by atoms with Crippen LogP contribution in [0.3, 0.4) is 0 Å². The average molecular weight is 243 g/mol. The second kappa shape index (κ2) is 4.58. The summed E-state index contributed by atoms with van der Waals surface area (Å²) in [5.41, 5.74) is 2.38. The van der Waals surface area contributed by atoms with Crippen LogP contribution in [-0.4, -0.2) is 23.6 Å². The molecule has 1 aromatic heterocycles. The van der Waals surface area contributed by atoms with Crippen LogP contribution in [0, 0.1) is 12.8 Å². The van der Waals surface area contributed by atoms with Gasteiger partial charge in [-0.25, -0.2) is 0 Å². The Morgan fingerprint density at radius 2 is 2.33 bits per heavy atom. The second-order valence-electron chi connectivity index (χ2n) is 5.03. The van der Waals surface area contributed by atoms with Gasteiger partial charge in [-0.15, -0.1) is 0 Å². The molecule has 2 heterocycles. The number of aromatic nitrogens is 1. The highest BCUT2D eigenvalue weighted by molar-refractivity contribution is 5.85. The van der Waals surface area contributed by atoms with Crippen LogP contribution < -0.4 is 0 Å². The zero-order valence-corrected chi connectivity index (χ0v) is 10.6. The standard InChI is InChI=1S/C15H17NO2/c1-11-2-3-14-12(8-11)4-6-16(14)9-15(17)13-5-7-18-10-13/h2-4,6,8,13H,5,7,9-10H2,1H3. The van der Waals surface area contributed by atoms with E-state index in [0.29, 0.717) is 13.2 Å². The predicted octanol–water partition coefficient (Wildman–Crippen LogP) is 2.56. The fourth-order valence-corrected chi connectivity index (χ4v) is 2.54. The van der Waals surface area contributed by atoms with Gasteiger partial charge in [0.25, 0.3) is 0 Å². The molecule has 1 aromatic carbocycles. The summed E-state index contributed by atoms with van der Waals surface area (Å²) in [5, 5.41) is 1.20. The van der Waals surface area contributed by atoms with Crippen molar-refractivity contribution in [2.24, 2.45) is 5.92 Å². The number of ketones is 1. The zero-order valence-electron chi connectivity index (χ0n) is 10.6. The van der Waals surface area contributed by atoms with Crippen LogP contribution >= 0.6 is 0 Å². The molecule has 3 nitrogen and oxygen atoms in total. The third-order valence-electron chi connectivity index (χ3n) is 3.64. The van der Waals surface area contributed by atoms with Gasteiger partial charge in [0, 0.05) is 24.2 Å². The van der Waals surface area contributed by atoms with Gasteiger partial charge in [0.05, 0.1) is 13.2 Å². The van der Waals surface area contributed by atoms with Crippen LogP contribution in [0.5, 0.6) is 0 Å². The van der Waals surface area contributed by atoms with Crippen LogP contribution in [0.15, 0.2) is 30.5 Å². The van der Waals surface area contributed by atoms with E-state index in [1.807, 2.05) is 10.8 Å². The Hall–Kier alpha value is -1.61. The second-order valence-corrected chi connectivity index (χ2v) is 5.03. The minimum absolute atomic E-state index is 0.0906. The predicted molar refractivity (Wildman–Crippen MR) is 70.6 cm³/mol. The lowest BCUT2D eigenvalue weighted by Gasteiger charge is -2.09. The Bertz CT molecular complexity index is 579. The van der Waals surface area contributed by atoms with E-state index in [0.717, 1.165) is 18.5 Å². The van der Waals surface area contributed by atoms with E-state index >= 15 is 0 Å². The molecule has 1 unspecified atom stereocenters. The van der Waals surface area contributed by atoms with E-state index in [1.165, 1.54) is 10.9 Å². The molecule has 3 heteroatoms. The maximum Gasteiger partial charge on any atom is 0.157 e. The normalized spacial score (nSPS) is 19.5. The number of benzene rings is 1. The summed E-state index contributed by atoms with van der Waals surface area (Å²) in [6.07, 6.45) is 2.87. The van der Waals surface area contributed by atoms with E-state index in [1.54, 1.807) is 0 Å². The van der Waals surface area contributed by atoms with Gasteiger partial charge in [-0.1, -0.05) is 11.6 Å². The van der Waals surface area contributed by atoms with Crippen LogP contribution in [0.25, 0.3) is 10.9 Å². The molecule has 0 N–H and O–H groups in total. The van der Waals surface area contributed by atoms with Crippen molar-refractivity contribution in [2.45, 2.75) is 19.9 Å². The fraction of sp³-hybridized carbons (Fsp3) is 0.400. The smallest absolute Gasteiger partial charge is 0.157 e. The summed E-state index contributed by atoms with van der Waals surface area (Å²) in [4.78, 5) is 12.1. The Labute approximate surface area is 106 Å². The number of aryl methyl sites for hydroxylation is 1. The van der Waals surface area contributed by atoms with Crippen molar-refractivity contribution in [3.8, 4) is 0 Å². The molecule has 1 aliphatic rings. The highest BCUT2D eigenvalue weighted by atomic mass is 16.5. The molecule has 0 spiro atoms. The topological polar surface area (TPSA) is 31.2 Å². The van der Waals surface area contributed by atoms with Gasteiger partial charge in [0.15, 0.2) is 5.78 Å². The molecule has 1 saturated heterocycles. The summed E-state index contributed by atoms with van der Waals surface area (Å²) in [6, 6.07) is 8.39. The SMILES string of the molecule is Cc1ccc2c(ccn2CC(=O)C2CCOC2)c1. The molecule has 1 atom stereocenters. The molecule has 0 aliphatic carbocycles. The highest BCUT2D eigenvalue weighted by Crippen LogP contribution is 2.19. The summed E-state index contributed by atoms with van der Waals surface area (Å²) < 4.78 is 7.31. The number of fused-ring (bicyclic) bond motifs is 1. The van der Waals surface area contributed by atoms with Gasteiger partial charge in [-0.2, -0.15) is 0 Å². The van der Waals surface area contributed by atoms with Gasteiger partial charge >= 0.3 is 0 Å². The van der Waals surface area contributed by atoms with Crippen LogP contribution in [-0.2, 0) is 16.1 Å². The van der Waals surface area contributed by atoms with Crippen LogP contribution in [0.2, 0.25) is 0 Å². The minimum atomic E-state index is 0.0906. The van der Waals surface area contributed by atoms with Crippen molar-refractivity contribution in [3.05, 3.63) is 36.0 Å². The van der Waals surface area contributed by atoms with Crippen molar-refractivity contribution < 1.29 is 9.53 Å². The Balaban J connectivity index is 1.84. The number of carbonyl (C=O) groups excluding carboxylic acids is 1. The Morgan fingerprint density at radius 1 is 1.44 bits per heavy atom. The minimum Gasteiger partial charge on any atom is -0.381 e. The molecule has 1 fully saturated rings. The number of Topliss-reactive ketones (excluding diaryl/α,β-unsaturated/α-hetero) is 1. The van der Waals surface area contributed by atoms with Gasteiger partial charge < -0.3 is 9.30 Å². The first-order chi connectivity index (χ1) is 8.74. The molecule has 2 aromatic rings. The number of ether oxygens (including phenoxy) is 1. The van der Waals surface area contributed by atoms with Crippen LogP contribution in [0.4, 0.5) is 0 Å². The Kier molecular flexibility index (Phi) is 2.92. The van der Waals surface area contributed by atoms with Crippen molar-refractivity contribution in [3.63, 3.8) is 0 Å². The molecular weight excluding hydrogens is 226 g/mol. The van der Waals surface area contributed by atoms with E-state index < -0.39 is 0 Å². The largest absolute Gasteiger partial charge is 0.381 e. The van der Waals surface area contributed by atoms with E-state index in [9.17, 15) is 4.79 Å². The molecule has 0 saturated carbocycles. The molecular formula is C15H17NO2. The molecule has 0 radical (unpaired) electrons. The van der Waals surface area contributed by atoms with Crippen molar-refractivity contribution in [2.75, 3.05) is 13.2 Å². The molecule has 1 aliphatic heterocycles. The first kappa shape index (κ1) is 11.5. The Morgan fingerprint density at radius 3 is 3.11 bits per heavy atom. The van der Waals surface area contributed by atoms with Crippen molar-refractivity contribution in [1.29, 1.82) is 0 Å².